The molecule has 0 amide bonds. The first-order valence-electron chi connectivity index (χ1n) is 6.53. The number of nitriles is 1. The van der Waals surface area contributed by atoms with Gasteiger partial charge in [-0.1, -0.05) is 12.1 Å². The van der Waals surface area contributed by atoms with Crippen molar-refractivity contribution in [1.29, 1.82) is 5.26 Å². The third kappa shape index (κ3) is 3.45. The van der Waals surface area contributed by atoms with Crippen LogP contribution in [0.25, 0.3) is 10.7 Å². The Morgan fingerprint density at radius 2 is 2.17 bits per heavy atom. The first kappa shape index (κ1) is 15.4. The number of nitrogens with one attached hydrogen (secondary N) is 2. The molecule has 0 radical (unpaired) electrons. The van der Waals surface area contributed by atoms with Gasteiger partial charge in [0.15, 0.2) is 5.82 Å². The number of aromatic nitrogens is 3. The number of hydrogen-bond acceptors (Lipinski definition) is 6. The minimum absolute atomic E-state index is 0.0164. The van der Waals surface area contributed by atoms with E-state index in [1.165, 1.54) is 29.5 Å². The molecule has 23 heavy (non-hydrogen) atoms. The van der Waals surface area contributed by atoms with Gasteiger partial charge in [-0.2, -0.15) is 10.4 Å². The van der Waals surface area contributed by atoms with E-state index in [-0.39, 0.29) is 17.0 Å². The Morgan fingerprint density at radius 1 is 1.30 bits per heavy atom. The fraction of sp³-hybridized carbons (Fsp3) is 0.0714. The highest BCUT2D eigenvalue weighted by molar-refractivity contribution is 7.89. The third-order valence-corrected chi connectivity index (χ3v) is 5.24. The molecular formula is C14H11N5O2S2. The zero-order valence-corrected chi connectivity index (χ0v) is 13.4. The van der Waals surface area contributed by atoms with Crippen LogP contribution in [-0.2, 0) is 16.6 Å². The number of aromatic amines is 1. The van der Waals surface area contributed by atoms with Crippen LogP contribution >= 0.6 is 11.3 Å². The fourth-order valence-electron chi connectivity index (χ4n) is 1.87. The van der Waals surface area contributed by atoms with E-state index in [2.05, 4.69) is 19.9 Å². The maximum absolute atomic E-state index is 12.2. The molecule has 0 aliphatic heterocycles. The van der Waals surface area contributed by atoms with E-state index in [0.717, 1.165) is 4.88 Å². The summed E-state index contributed by atoms with van der Waals surface area (Å²) < 4.78 is 26.9. The SMILES string of the molecule is N#Cc1cccc(S(=O)(=O)NCc2nc(-c3cccs3)n[nH]2)c1. The molecule has 0 fully saturated rings. The van der Waals surface area contributed by atoms with Crippen molar-refractivity contribution in [3.05, 3.63) is 53.2 Å². The summed E-state index contributed by atoms with van der Waals surface area (Å²) in [6, 6.07) is 11.5. The van der Waals surface area contributed by atoms with Crippen LogP contribution in [-0.4, -0.2) is 23.6 Å². The van der Waals surface area contributed by atoms with E-state index < -0.39 is 10.0 Å². The summed E-state index contributed by atoms with van der Waals surface area (Å²) in [6.07, 6.45) is 0. The number of nitrogens with zero attached hydrogens (tertiary/aromatic N) is 3. The third-order valence-electron chi connectivity index (χ3n) is 2.98. The summed E-state index contributed by atoms with van der Waals surface area (Å²) in [5, 5.41) is 17.5. The van der Waals surface area contributed by atoms with Crippen LogP contribution in [0.15, 0.2) is 46.7 Å². The molecule has 0 atom stereocenters. The fourth-order valence-corrected chi connectivity index (χ4v) is 3.56. The lowest BCUT2D eigenvalue weighted by Crippen LogP contribution is -2.23. The number of hydrogen-bond donors (Lipinski definition) is 2. The van der Waals surface area contributed by atoms with E-state index in [9.17, 15) is 8.42 Å². The van der Waals surface area contributed by atoms with E-state index in [1.807, 2.05) is 23.6 Å². The summed E-state index contributed by atoms with van der Waals surface area (Å²) in [5.74, 6) is 0.939. The van der Waals surface area contributed by atoms with Gasteiger partial charge in [-0.05, 0) is 29.6 Å². The van der Waals surface area contributed by atoms with Gasteiger partial charge in [0, 0.05) is 0 Å². The second-order valence-corrected chi connectivity index (χ2v) is 7.26. The second kappa shape index (κ2) is 6.29. The number of thiophene rings is 1. The lowest BCUT2D eigenvalue weighted by molar-refractivity contribution is 0.579. The number of rotatable bonds is 5. The zero-order chi connectivity index (χ0) is 16.3. The van der Waals surface area contributed by atoms with Crippen LogP contribution in [0.2, 0.25) is 0 Å². The number of sulfonamides is 1. The highest BCUT2D eigenvalue weighted by Gasteiger charge is 2.15. The molecule has 3 rings (SSSR count). The lowest BCUT2D eigenvalue weighted by Gasteiger charge is -2.05. The first-order valence-corrected chi connectivity index (χ1v) is 8.90. The average Bonchev–Trinajstić information content (AvgIpc) is 3.24. The molecule has 0 saturated heterocycles. The van der Waals surface area contributed by atoms with Gasteiger partial charge in [0.2, 0.25) is 10.0 Å². The molecule has 116 valence electrons. The molecule has 1 aromatic carbocycles. The minimum atomic E-state index is -3.72. The van der Waals surface area contributed by atoms with Crippen molar-refractivity contribution in [3.63, 3.8) is 0 Å². The zero-order valence-electron chi connectivity index (χ0n) is 11.7. The average molecular weight is 345 g/mol. The van der Waals surface area contributed by atoms with Crippen molar-refractivity contribution in [3.8, 4) is 16.8 Å². The Bertz CT molecular complexity index is 955. The van der Waals surface area contributed by atoms with Crippen molar-refractivity contribution < 1.29 is 8.42 Å². The first-order chi connectivity index (χ1) is 11.1. The minimum Gasteiger partial charge on any atom is -0.262 e. The van der Waals surface area contributed by atoms with Crippen molar-refractivity contribution in [2.45, 2.75) is 11.4 Å². The van der Waals surface area contributed by atoms with Gasteiger partial charge >= 0.3 is 0 Å². The summed E-state index contributed by atoms with van der Waals surface area (Å²) in [4.78, 5) is 5.18. The van der Waals surface area contributed by atoms with Crippen molar-refractivity contribution in [2.75, 3.05) is 0 Å². The highest BCUT2D eigenvalue weighted by atomic mass is 32.2. The van der Waals surface area contributed by atoms with E-state index in [4.69, 9.17) is 5.26 Å². The molecule has 3 aromatic rings. The highest BCUT2D eigenvalue weighted by Crippen LogP contribution is 2.20. The molecule has 0 aliphatic rings. The molecule has 0 bridgehead atoms. The van der Waals surface area contributed by atoms with Crippen LogP contribution in [0.5, 0.6) is 0 Å². The molecule has 0 unspecified atom stereocenters. The quantitative estimate of drug-likeness (QED) is 0.733. The van der Waals surface area contributed by atoms with Crippen LogP contribution in [0, 0.1) is 11.3 Å². The molecular weight excluding hydrogens is 334 g/mol. The van der Waals surface area contributed by atoms with Gasteiger partial charge in [0.05, 0.1) is 28.0 Å². The van der Waals surface area contributed by atoms with Crippen LogP contribution in [0.1, 0.15) is 11.4 Å². The second-order valence-electron chi connectivity index (χ2n) is 4.55. The summed E-state index contributed by atoms with van der Waals surface area (Å²) >= 11 is 1.50. The van der Waals surface area contributed by atoms with Crippen LogP contribution in [0.4, 0.5) is 0 Å². The van der Waals surface area contributed by atoms with Gasteiger partial charge in [0.1, 0.15) is 5.82 Å². The van der Waals surface area contributed by atoms with E-state index >= 15 is 0 Å². The Hall–Kier alpha value is -2.54. The number of H-pyrrole nitrogens is 1. The summed E-state index contributed by atoms with van der Waals surface area (Å²) in [5.41, 5.74) is 0.285. The lowest BCUT2D eigenvalue weighted by atomic mass is 10.2. The maximum Gasteiger partial charge on any atom is 0.241 e. The maximum atomic E-state index is 12.2. The predicted octanol–water partition coefficient (Wildman–Crippen LogP) is 1.88. The largest absolute Gasteiger partial charge is 0.262 e. The molecule has 0 spiro atoms. The summed E-state index contributed by atoms with van der Waals surface area (Å²) in [6.45, 7) is -0.0164. The topological polar surface area (TPSA) is 112 Å². The smallest absolute Gasteiger partial charge is 0.241 e. The molecule has 0 saturated carbocycles. The van der Waals surface area contributed by atoms with Crippen LogP contribution in [0.3, 0.4) is 0 Å². The van der Waals surface area contributed by atoms with Crippen molar-refractivity contribution >= 4 is 21.4 Å². The molecule has 2 aromatic heterocycles. The Kier molecular flexibility index (Phi) is 4.20. The van der Waals surface area contributed by atoms with Gasteiger partial charge < -0.3 is 0 Å². The van der Waals surface area contributed by atoms with Crippen molar-refractivity contribution in [1.82, 2.24) is 19.9 Å². The Balaban J connectivity index is 1.73. The van der Waals surface area contributed by atoms with Gasteiger partial charge in [-0.25, -0.2) is 18.1 Å². The normalized spacial score (nSPS) is 11.3. The number of benzene rings is 1. The predicted molar refractivity (Wildman–Crippen MR) is 84.9 cm³/mol. The van der Waals surface area contributed by atoms with E-state index in [0.29, 0.717) is 11.6 Å². The van der Waals surface area contributed by atoms with Gasteiger partial charge in [0.25, 0.3) is 0 Å². The molecule has 2 N–H and O–H groups in total. The molecule has 9 heteroatoms. The monoisotopic (exact) mass is 345 g/mol. The Morgan fingerprint density at radius 3 is 2.91 bits per heavy atom. The Labute approximate surface area is 136 Å². The van der Waals surface area contributed by atoms with E-state index in [1.54, 1.807) is 6.07 Å². The molecule has 0 aliphatic carbocycles. The van der Waals surface area contributed by atoms with Gasteiger partial charge in [-0.15, -0.1) is 11.3 Å². The van der Waals surface area contributed by atoms with Crippen molar-refractivity contribution in [2.24, 2.45) is 0 Å². The summed E-state index contributed by atoms with van der Waals surface area (Å²) in [7, 11) is -3.72. The molecule has 7 nitrogen and oxygen atoms in total. The molecule has 2 heterocycles. The standard InChI is InChI=1S/C14H11N5O2S2/c15-8-10-3-1-4-11(7-10)23(20,21)16-9-13-17-14(19-18-13)12-5-2-6-22-12/h1-7,16H,9H2,(H,17,18,19). The van der Waals surface area contributed by atoms with Gasteiger partial charge in [-0.3, -0.25) is 5.10 Å². The van der Waals surface area contributed by atoms with Crippen LogP contribution < -0.4 is 4.72 Å².